The smallest absolute Gasteiger partial charge is 0.315 e. The Kier molecular flexibility index (Phi) is 6.71. The number of ether oxygens (including phenoxy) is 1. The van der Waals surface area contributed by atoms with Crippen molar-refractivity contribution in [2.24, 2.45) is 5.92 Å². The summed E-state index contributed by atoms with van der Waals surface area (Å²) >= 11 is 0. The van der Waals surface area contributed by atoms with Crippen LogP contribution in [-0.2, 0) is 6.54 Å². The lowest BCUT2D eigenvalue weighted by Gasteiger charge is -2.30. The first-order chi connectivity index (χ1) is 11.1. The van der Waals surface area contributed by atoms with E-state index in [4.69, 9.17) is 4.74 Å². The van der Waals surface area contributed by atoms with Crippen LogP contribution in [0.4, 0.5) is 4.79 Å². The molecule has 1 saturated carbocycles. The molecule has 1 aliphatic rings. The van der Waals surface area contributed by atoms with Gasteiger partial charge in [-0.15, -0.1) is 0 Å². The third-order valence-electron chi connectivity index (χ3n) is 4.42. The first-order valence-corrected chi connectivity index (χ1v) is 8.51. The Labute approximate surface area is 138 Å². The molecule has 23 heavy (non-hydrogen) atoms. The van der Waals surface area contributed by atoms with Crippen LogP contribution in [0.25, 0.3) is 0 Å². The lowest BCUT2D eigenvalue weighted by atomic mass is 9.85. The predicted molar refractivity (Wildman–Crippen MR) is 90.6 cm³/mol. The average molecular weight is 320 g/mol. The molecule has 1 aromatic carbocycles. The summed E-state index contributed by atoms with van der Waals surface area (Å²) in [6.07, 6.45) is 4.15. The maximum Gasteiger partial charge on any atom is 0.315 e. The van der Waals surface area contributed by atoms with Gasteiger partial charge in [-0.2, -0.15) is 0 Å². The predicted octanol–water partition coefficient (Wildman–Crippen LogP) is 2.74. The van der Waals surface area contributed by atoms with Crippen LogP contribution in [-0.4, -0.2) is 30.4 Å². The van der Waals surface area contributed by atoms with Crippen LogP contribution in [0.1, 0.15) is 43.7 Å². The number of aliphatic hydroxyl groups is 1. The maximum atomic E-state index is 12.1. The SMILES string of the molecule is CCOc1cc(C)ccc1CNC(=O)NC1CCCCC1CO. The number of carbonyl (C=O) groups excluding carboxylic acids is 1. The minimum Gasteiger partial charge on any atom is -0.494 e. The fourth-order valence-electron chi connectivity index (χ4n) is 3.11. The van der Waals surface area contributed by atoms with Crippen molar-refractivity contribution in [2.75, 3.05) is 13.2 Å². The minimum atomic E-state index is -0.182. The Hall–Kier alpha value is -1.75. The van der Waals surface area contributed by atoms with Crippen molar-refractivity contribution in [2.45, 2.75) is 52.1 Å². The van der Waals surface area contributed by atoms with Crippen molar-refractivity contribution in [1.82, 2.24) is 10.6 Å². The van der Waals surface area contributed by atoms with E-state index in [1.165, 1.54) is 0 Å². The largest absolute Gasteiger partial charge is 0.494 e. The average Bonchev–Trinajstić information content (AvgIpc) is 2.55. The van der Waals surface area contributed by atoms with Gasteiger partial charge in [0.2, 0.25) is 0 Å². The van der Waals surface area contributed by atoms with E-state index in [0.29, 0.717) is 13.2 Å². The molecule has 1 aromatic rings. The minimum absolute atomic E-state index is 0.0677. The number of aryl methyl sites for hydroxylation is 1. The molecule has 1 fully saturated rings. The Morgan fingerprint density at radius 3 is 2.87 bits per heavy atom. The second kappa shape index (κ2) is 8.77. The van der Waals surface area contributed by atoms with Gasteiger partial charge in [0.15, 0.2) is 0 Å². The summed E-state index contributed by atoms with van der Waals surface area (Å²) in [4.78, 5) is 12.1. The van der Waals surface area contributed by atoms with Crippen LogP contribution >= 0.6 is 0 Å². The molecule has 0 aromatic heterocycles. The fourth-order valence-corrected chi connectivity index (χ4v) is 3.11. The second-order valence-corrected chi connectivity index (χ2v) is 6.20. The number of hydrogen-bond donors (Lipinski definition) is 3. The summed E-state index contributed by atoms with van der Waals surface area (Å²) in [7, 11) is 0. The van der Waals surface area contributed by atoms with Gasteiger partial charge in [0.1, 0.15) is 5.75 Å². The summed E-state index contributed by atoms with van der Waals surface area (Å²) in [6.45, 7) is 5.13. The molecule has 2 unspecified atom stereocenters. The Balaban J connectivity index is 1.89. The van der Waals surface area contributed by atoms with Crippen LogP contribution < -0.4 is 15.4 Å². The van der Waals surface area contributed by atoms with Crippen LogP contribution in [0.15, 0.2) is 18.2 Å². The number of benzene rings is 1. The highest BCUT2D eigenvalue weighted by Gasteiger charge is 2.25. The summed E-state index contributed by atoms with van der Waals surface area (Å²) < 4.78 is 5.63. The molecule has 0 radical (unpaired) electrons. The van der Waals surface area contributed by atoms with Gasteiger partial charge in [0.25, 0.3) is 0 Å². The highest BCUT2D eigenvalue weighted by atomic mass is 16.5. The van der Waals surface area contributed by atoms with Crippen molar-refractivity contribution in [3.05, 3.63) is 29.3 Å². The zero-order chi connectivity index (χ0) is 16.7. The second-order valence-electron chi connectivity index (χ2n) is 6.20. The zero-order valence-electron chi connectivity index (χ0n) is 14.1. The van der Waals surface area contributed by atoms with Crippen molar-refractivity contribution in [3.8, 4) is 5.75 Å². The van der Waals surface area contributed by atoms with Gasteiger partial charge < -0.3 is 20.5 Å². The maximum absolute atomic E-state index is 12.1. The van der Waals surface area contributed by atoms with E-state index in [9.17, 15) is 9.90 Å². The third-order valence-corrected chi connectivity index (χ3v) is 4.42. The topological polar surface area (TPSA) is 70.6 Å². The van der Waals surface area contributed by atoms with E-state index >= 15 is 0 Å². The molecule has 2 atom stereocenters. The molecule has 5 nitrogen and oxygen atoms in total. The molecular formula is C18H28N2O3. The quantitative estimate of drug-likeness (QED) is 0.755. The molecule has 3 N–H and O–H groups in total. The molecule has 1 aliphatic carbocycles. The molecule has 0 spiro atoms. The number of urea groups is 1. The first kappa shape index (κ1) is 17.6. The molecule has 0 bridgehead atoms. The number of aliphatic hydroxyl groups excluding tert-OH is 1. The number of amides is 2. The van der Waals surface area contributed by atoms with Gasteiger partial charge in [-0.3, -0.25) is 0 Å². The Bertz CT molecular complexity index is 519. The number of carbonyl (C=O) groups is 1. The van der Waals surface area contributed by atoms with Gasteiger partial charge >= 0.3 is 6.03 Å². The zero-order valence-corrected chi connectivity index (χ0v) is 14.1. The summed E-state index contributed by atoms with van der Waals surface area (Å²) in [5.74, 6) is 0.992. The summed E-state index contributed by atoms with van der Waals surface area (Å²) in [5, 5.41) is 15.3. The normalized spacial score (nSPS) is 20.8. The summed E-state index contributed by atoms with van der Waals surface area (Å²) in [6, 6.07) is 5.87. The molecule has 5 heteroatoms. The van der Waals surface area contributed by atoms with Crippen molar-refractivity contribution in [1.29, 1.82) is 0 Å². The van der Waals surface area contributed by atoms with E-state index in [1.807, 2.05) is 32.0 Å². The molecular weight excluding hydrogens is 292 g/mol. The van der Waals surface area contributed by atoms with Gasteiger partial charge in [0.05, 0.1) is 6.61 Å². The fraction of sp³-hybridized carbons (Fsp3) is 0.611. The van der Waals surface area contributed by atoms with Crippen LogP contribution in [0.5, 0.6) is 5.75 Å². The number of nitrogens with one attached hydrogen (secondary N) is 2. The van der Waals surface area contributed by atoms with Crippen molar-refractivity contribution >= 4 is 6.03 Å². The van der Waals surface area contributed by atoms with E-state index < -0.39 is 0 Å². The van der Waals surface area contributed by atoms with Crippen molar-refractivity contribution < 1.29 is 14.6 Å². The Morgan fingerprint density at radius 1 is 1.35 bits per heavy atom. The molecule has 2 amide bonds. The van der Waals surface area contributed by atoms with Gasteiger partial charge in [0, 0.05) is 30.7 Å². The van der Waals surface area contributed by atoms with Gasteiger partial charge in [-0.25, -0.2) is 4.79 Å². The van der Waals surface area contributed by atoms with E-state index in [0.717, 1.165) is 42.6 Å². The highest BCUT2D eigenvalue weighted by molar-refractivity contribution is 5.74. The van der Waals surface area contributed by atoms with Crippen LogP contribution in [0, 0.1) is 12.8 Å². The van der Waals surface area contributed by atoms with Gasteiger partial charge in [-0.1, -0.05) is 25.0 Å². The van der Waals surface area contributed by atoms with Crippen LogP contribution in [0.2, 0.25) is 0 Å². The third kappa shape index (κ3) is 5.13. The standard InChI is InChI=1S/C18H28N2O3/c1-3-23-17-10-13(2)8-9-14(17)11-19-18(22)20-16-7-5-4-6-15(16)12-21/h8-10,15-16,21H,3-7,11-12H2,1-2H3,(H2,19,20,22). The molecule has 2 rings (SSSR count). The monoisotopic (exact) mass is 320 g/mol. The first-order valence-electron chi connectivity index (χ1n) is 8.51. The lowest BCUT2D eigenvalue weighted by Crippen LogP contribution is -2.47. The molecule has 128 valence electrons. The van der Waals surface area contributed by atoms with E-state index in [2.05, 4.69) is 10.6 Å². The number of hydrogen-bond acceptors (Lipinski definition) is 3. The van der Waals surface area contributed by atoms with E-state index in [1.54, 1.807) is 0 Å². The highest BCUT2D eigenvalue weighted by Crippen LogP contribution is 2.24. The van der Waals surface area contributed by atoms with E-state index in [-0.39, 0.29) is 24.6 Å². The molecule has 0 aliphatic heterocycles. The van der Waals surface area contributed by atoms with Crippen molar-refractivity contribution in [3.63, 3.8) is 0 Å². The molecule has 0 saturated heterocycles. The Morgan fingerprint density at radius 2 is 2.13 bits per heavy atom. The number of rotatable bonds is 6. The van der Waals surface area contributed by atoms with Gasteiger partial charge in [-0.05, 0) is 38.3 Å². The molecule has 0 heterocycles. The lowest BCUT2D eigenvalue weighted by molar-refractivity contribution is 0.153. The van der Waals surface area contributed by atoms with Crippen LogP contribution in [0.3, 0.4) is 0 Å². The summed E-state index contributed by atoms with van der Waals surface area (Å²) in [5.41, 5.74) is 2.10.